The first kappa shape index (κ1) is 20.4. The summed E-state index contributed by atoms with van der Waals surface area (Å²) in [6, 6.07) is 2.46. The topological polar surface area (TPSA) is 76.8 Å². The van der Waals surface area contributed by atoms with Gasteiger partial charge in [-0.25, -0.2) is 32.2 Å². The largest absolute Gasteiger partial charge is 0.288 e. The number of fused-ring (bicyclic) bond motifs is 1. The van der Waals surface area contributed by atoms with Crippen LogP contribution in [0.4, 0.5) is 23.2 Å². The van der Waals surface area contributed by atoms with Crippen LogP contribution in [0.5, 0.6) is 0 Å². The van der Waals surface area contributed by atoms with Gasteiger partial charge >= 0.3 is 0 Å². The predicted molar refractivity (Wildman–Crippen MR) is 101 cm³/mol. The fourth-order valence-corrected chi connectivity index (χ4v) is 3.50. The molecule has 0 aliphatic carbocycles. The summed E-state index contributed by atoms with van der Waals surface area (Å²) in [6.45, 7) is 0. The van der Waals surface area contributed by atoms with Crippen LogP contribution in [-0.2, 0) is 11.2 Å². The standard InChI is InChI=1S/C18H13BrF4N6O/c19-9-6-24-17(25-7-9)12-8-28(27-26-12)14-5-4-10-11(20)2-1-3-13(10)29(18(14)30)16(23)15(21)22/h1-3,6-8,14-16H,4-5H2. The third-order valence-electron chi connectivity index (χ3n) is 4.68. The molecule has 156 valence electrons. The molecule has 1 aliphatic heterocycles. The zero-order valence-corrected chi connectivity index (χ0v) is 16.7. The molecule has 0 saturated carbocycles. The fourth-order valence-electron chi connectivity index (χ4n) is 3.29. The number of carbonyl (C=O) groups is 1. The van der Waals surface area contributed by atoms with Crippen molar-refractivity contribution in [1.82, 2.24) is 25.0 Å². The minimum absolute atomic E-state index is 0.00627. The summed E-state index contributed by atoms with van der Waals surface area (Å²) in [4.78, 5) is 21.5. The molecule has 3 heterocycles. The van der Waals surface area contributed by atoms with Crippen LogP contribution in [0, 0.1) is 5.82 Å². The lowest BCUT2D eigenvalue weighted by molar-refractivity contribution is -0.124. The van der Waals surface area contributed by atoms with E-state index in [0.717, 1.165) is 10.7 Å². The molecule has 1 amide bonds. The molecule has 0 N–H and O–H groups in total. The molecule has 2 atom stereocenters. The van der Waals surface area contributed by atoms with E-state index in [2.05, 4.69) is 36.2 Å². The second kappa shape index (κ2) is 8.09. The molecule has 30 heavy (non-hydrogen) atoms. The summed E-state index contributed by atoms with van der Waals surface area (Å²) in [7, 11) is 0. The van der Waals surface area contributed by atoms with Gasteiger partial charge in [0.1, 0.15) is 17.6 Å². The van der Waals surface area contributed by atoms with Crippen molar-refractivity contribution in [2.24, 2.45) is 0 Å². The molecule has 1 aromatic carbocycles. The lowest BCUT2D eigenvalue weighted by atomic mass is 10.1. The van der Waals surface area contributed by atoms with Crippen LogP contribution in [0.15, 0.2) is 41.3 Å². The SMILES string of the molecule is O=C1C(n2cc(-c3ncc(Br)cn3)nn2)CCc2c(F)cccc2N1C(F)C(F)F. The zero-order chi connectivity index (χ0) is 21.4. The zero-order valence-electron chi connectivity index (χ0n) is 15.1. The van der Waals surface area contributed by atoms with Crippen LogP contribution in [0.25, 0.3) is 11.5 Å². The van der Waals surface area contributed by atoms with Crippen LogP contribution in [-0.4, -0.2) is 43.6 Å². The number of nitrogens with zero attached hydrogens (tertiary/aromatic N) is 6. The summed E-state index contributed by atoms with van der Waals surface area (Å²) < 4.78 is 56.9. The van der Waals surface area contributed by atoms with Gasteiger partial charge in [-0.05, 0) is 40.9 Å². The normalized spacial score (nSPS) is 17.7. The number of anilines is 1. The minimum Gasteiger partial charge on any atom is -0.274 e. The third kappa shape index (κ3) is 3.66. The number of hydrogen-bond donors (Lipinski definition) is 0. The number of carbonyl (C=O) groups excluding carboxylic acids is 1. The van der Waals surface area contributed by atoms with E-state index in [-0.39, 0.29) is 35.6 Å². The highest BCUT2D eigenvalue weighted by Crippen LogP contribution is 2.35. The number of halogens is 5. The van der Waals surface area contributed by atoms with E-state index in [1.165, 1.54) is 30.7 Å². The van der Waals surface area contributed by atoms with Gasteiger partial charge in [0.15, 0.2) is 5.82 Å². The predicted octanol–water partition coefficient (Wildman–Crippen LogP) is 3.72. The van der Waals surface area contributed by atoms with Crippen molar-refractivity contribution >= 4 is 27.5 Å². The van der Waals surface area contributed by atoms with Gasteiger partial charge in [-0.3, -0.25) is 9.69 Å². The van der Waals surface area contributed by atoms with Gasteiger partial charge in [0.25, 0.3) is 12.3 Å². The van der Waals surface area contributed by atoms with Gasteiger partial charge in [0, 0.05) is 18.0 Å². The van der Waals surface area contributed by atoms with Crippen LogP contribution >= 0.6 is 15.9 Å². The average molecular weight is 485 g/mol. The van der Waals surface area contributed by atoms with Gasteiger partial charge in [-0.1, -0.05) is 11.3 Å². The summed E-state index contributed by atoms with van der Waals surface area (Å²) in [5.41, 5.74) is 0.0144. The van der Waals surface area contributed by atoms with E-state index in [1.54, 1.807) is 0 Å². The number of aromatic nitrogens is 5. The molecule has 0 bridgehead atoms. The number of amides is 1. The highest BCUT2D eigenvalue weighted by Gasteiger charge is 2.40. The van der Waals surface area contributed by atoms with Crippen LogP contribution in [0.2, 0.25) is 0 Å². The van der Waals surface area contributed by atoms with Crippen molar-refractivity contribution in [3.05, 3.63) is 52.6 Å². The molecule has 2 aromatic heterocycles. The summed E-state index contributed by atoms with van der Waals surface area (Å²) in [5, 5.41) is 7.79. The molecule has 1 aliphatic rings. The molecule has 0 fully saturated rings. The van der Waals surface area contributed by atoms with E-state index >= 15 is 0 Å². The molecule has 4 rings (SSSR count). The van der Waals surface area contributed by atoms with Crippen molar-refractivity contribution in [3.63, 3.8) is 0 Å². The Morgan fingerprint density at radius 3 is 2.60 bits per heavy atom. The Bertz CT molecular complexity index is 1080. The number of rotatable bonds is 4. The first-order valence-electron chi connectivity index (χ1n) is 8.79. The molecule has 2 unspecified atom stereocenters. The smallest absolute Gasteiger partial charge is 0.274 e. The first-order chi connectivity index (χ1) is 14.4. The maximum absolute atomic E-state index is 14.4. The number of benzene rings is 1. The van der Waals surface area contributed by atoms with Crippen molar-refractivity contribution in [1.29, 1.82) is 0 Å². The first-order valence-corrected chi connectivity index (χ1v) is 9.58. The van der Waals surface area contributed by atoms with Crippen molar-refractivity contribution in [2.45, 2.75) is 31.6 Å². The van der Waals surface area contributed by atoms with Gasteiger partial charge in [0.05, 0.1) is 16.4 Å². The Kier molecular flexibility index (Phi) is 5.50. The lowest BCUT2D eigenvalue weighted by Crippen LogP contribution is -2.45. The molecule has 0 saturated heterocycles. The summed E-state index contributed by atoms with van der Waals surface area (Å²) >= 11 is 3.21. The Balaban J connectivity index is 1.73. The van der Waals surface area contributed by atoms with Crippen LogP contribution < -0.4 is 4.90 Å². The Labute approximate surface area is 175 Å². The maximum atomic E-state index is 14.4. The van der Waals surface area contributed by atoms with E-state index in [1.807, 2.05) is 0 Å². The second-order valence-corrected chi connectivity index (χ2v) is 7.43. The molecular formula is C18H13BrF4N6O. The van der Waals surface area contributed by atoms with Gasteiger partial charge in [-0.2, -0.15) is 0 Å². The summed E-state index contributed by atoms with van der Waals surface area (Å²) in [5.74, 6) is -1.44. The molecule has 0 spiro atoms. The molecule has 7 nitrogen and oxygen atoms in total. The lowest BCUT2D eigenvalue weighted by Gasteiger charge is -2.28. The van der Waals surface area contributed by atoms with E-state index in [0.29, 0.717) is 9.37 Å². The third-order valence-corrected chi connectivity index (χ3v) is 5.09. The van der Waals surface area contributed by atoms with Crippen molar-refractivity contribution < 1.29 is 22.4 Å². The van der Waals surface area contributed by atoms with E-state index in [9.17, 15) is 22.4 Å². The van der Waals surface area contributed by atoms with Gasteiger partial charge in [0.2, 0.25) is 6.30 Å². The summed E-state index contributed by atoms with van der Waals surface area (Å²) in [6.07, 6.45) is -2.00. The number of alkyl halides is 3. The molecule has 0 radical (unpaired) electrons. The number of hydrogen-bond acceptors (Lipinski definition) is 5. The average Bonchev–Trinajstić information content (AvgIpc) is 3.14. The van der Waals surface area contributed by atoms with Crippen molar-refractivity contribution in [3.8, 4) is 11.5 Å². The molecule has 3 aromatic rings. The fraction of sp³-hybridized carbons (Fsp3) is 0.278. The van der Waals surface area contributed by atoms with E-state index < -0.39 is 30.5 Å². The monoisotopic (exact) mass is 484 g/mol. The highest BCUT2D eigenvalue weighted by molar-refractivity contribution is 9.10. The van der Waals surface area contributed by atoms with E-state index in [4.69, 9.17) is 0 Å². The van der Waals surface area contributed by atoms with Crippen LogP contribution in [0.1, 0.15) is 18.0 Å². The van der Waals surface area contributed by atoms with Crippen LogP contribution in [0.3, 0.4) is 0 Å². The molecule has 12 heteroatoms. The Morgan fingerprint density at radius 2 is 1.90 bits per heavy atom. The van der Waals surface area contributed by atoms with Gasteiger partial charge in [-0.15, -0.1) is 5.10 Å². The minimum atomic E-state index is -3.47. The second-order valence-electron chi connectivity index (χ2n) is 6.52. The highest BCUT2D eigenvalue weighted by atomic mass is 79.9. The molecular weight excluding hydrogens is 472 g/mol. The van der Waals surface area contributed by atoms with Crippen molar-refractivity contribution in [2.75, 3.05) is 4.90 Å². The Hall–Kier alpha value is -2.89. The van der Waals surface area contributed by atoms with Gasteiger partial charge < -0.3 is 0 Å². The maximum Gasteiger partial charge on any atom is 0.288 e. The quantitative estimate of drug-likeness (QED) is 0.416. The Morgan fingerprint density at radius 1 is 1.17 bits per heavy atom.